The molecule has 1 aromatic carbocycles. The number of hydrogen-bond donors (Lipinski definition) is 1. The fourth-order valence-electron chi connectivity index (χ4n) is 2.67. The molecule has 0 spiro atoms. The Balaban J connectivity index is 2.08. The van der Waals surface area contributed by atoms with Crippen LogP contribution < -0.4 is 10.1 Å². The summed E-state index contributed by atoms with van der Waals surface area (Å²) >= 11 is 0. The van der Waals surface area contributed by atoms with Gasteiger partial charge in [0, 0.05) is 25.2 Å². The molecule has 1 aliphatic heterocycles. The van der Waals surface area contributed by atoms with E-state index in [0.717, 1.165) is 13.0 Å². The number of carbonyl (C=O) groups is 1. The van der Waals surface area contributed by atoms with Crippen molar-refractivity contribution in [3.05, 3.63) is 29.6 Å². The zero-order valence-electron chi connectivity index (χ0n) is 12.7. The monoisotopic (exact) mass is 294 g/mol. The van der Waals surface area contributed by atoms with Crippen LogP contribution in [-0.2, 0) is 0 Å². The molecular formula is C16H23FN2O2. The average molecular weight is 294 g/mol. The molecule has 0 saturated carbocycles. The minimum atomic E-state index is -0.533. The zero-order valence-corrected chi connectivity index (χ0v) is 12.7. The summed E-state index contributed by atoms with van der Waals surface area (Å²) in [6.07, 6.45) is 3.43. The molecule has 0 aromatic heterocycles. The van der Waals surface area contributed by atoms with Gasteiger partial charge in [0.1, 0.15) is 11.6 Å². The van der Waals surface area contributed by atoms with Crippen molar-refractivity contribution in [1.29, 1.82) is 0 Å². The molecule has 0 bridgehead atoms. The first-order chi connectivity index (χ1) is 10.2. The van der Waals surface area contributed by atoms with Crippen molar-refractivity contribution in [2.75, 3.05) is 26.7 Å². The van der Waals surface area contributed by atoms with Crippen LogP contribution in [0, 0.1) is 5.82 Å². The van der Waals surface area contributed by atoms with Crippen molar-refractivity contribution in [1.82, 2.24) is 10.2 Å². The number of halogens is 1. The van der Waals surface area contributed by atoms with Gasteiger partial charge in [0.25, 0.3) is 5.91 Å². The quantitative estimate of drug-likeness (QED) is 0.907. The summed E-state index contributed by atoms with van der Waals surface area (Å²) in [4.78, 5) is 14.2. The van der Waals surface area contributed by atoms with Crippen LogP contribution in [0.1, 0.15) is 36.5 Å². The largest absolute Gasteiger partial charge is 0.497 e. The zero-order chi connectivity index (χ0) is 15.2. The van der Waals surface area contributed by atoms with Crippen LogP contribution in [0.2, 0.25) is 0 Å². The van der Waals surface area contributed by atoms with E-state index < -0.39 is 5.82 Å². The molecule has 2 rings (SSSR count). The fraction of sp³-hybridized carbons (Fsp3) is 0.562. The number of ether oxygens (including phenoxy) is 1. The predicted octanol–water partition coefficient (Wildman–Crippen LogP) is 2.44. The van der Waals surface area contributed by atoms with Crippen LogP contribution in [0.25, 0.3) is 0 Å². The third-order valence-corrected chi connectivity index (χ3v) is 3.93. The Morgan fingerprint density at radius 2 is 2.29 bits per heavy atom. The predicted molar refractivity (Wildman–Crippen MR) is 80.2 cm³/mol. The fourth-order valence-corrected chi connectivity index (χ4v) is 2.67. The lowest BCUT2D eigenvalue weighted by molar-refractivity contribution is 0.0736. The van der Waals surface area contributed by atoms with Gasteiger partial charge in [-0.3, -0.25) is 4.79 Å². The highest BCUT2D eigenvalue weighted by atomic mass is 19.1. The lowest BCUT2D eigenvalue weighted by Gasteiger charge is -2.30. The van der Waals surface area contributed by atoms with Gasteiger partial charge in [0.05, 0.1) is 12.7 Å². The first-order valence-electron chi connectivity index (χ1n) is 7.52. The van der Waals surface area contributed by atoms with Gasteiger partial charge in [-0.15, -0.1) is 0 Å². The van der Waals surface area contributed by atoms with Crippen molar-refractivity contribution >= 4 is 5.91 Å². The number of benzene rings is 1. The Morgan fingerprint density at radius 3 is 2.86 bits per heavy atom. The van der Waals surface area contributed by atoms with Crippen LogP contribution in [0.3, 0.4) is 0 Å². The van der Waals surface area contributed by atoms with E-state index in [4.69, 9.17) is 4.74 Å². The summed E-state index contributed by atoms with van der Waals surface area (Å²) in [5, 5.41) is 3.42. The van der Waals surface area contributed by atoms with E-state index in [0.29, 0.717) is 24.9 Å². The lowest BCUT2D eigenvalue weighted by atomic mass is 10.0. The summed E-state index contributed by atoms with van der Waals surface area (Å²) in [6.45, 7) is 4.11. The summed E-state index contributed by atoms with van der Waals surface area (Å²) in [7, 11) is 1.48. The molecule has 5 heteroatoms. The SMILES string of the molecule is CCN(CC1CCCCN1)C(=O)c1ccc(OC)cc1F. The number of likely N-dealkylation sites (N-methyl/N-ethyl adjacent to an activating group) is 1. The van der Waals surface area contributed by atoms with Crippen LogP contribution >= 0.6 is 0 Å². The molecule has 1 unspecified atom stereocenters. The second kappa shape index (κ2) is 7.41. The van der Waals surface area contributed by atoms with Gasteiger partial charge in [0.15, 0.2) is 0 Å². The first kappa shape index (κ1) is 15.8. The molecule has 21 heavy (non-hydrogen) atoms. The van der Waals surface area contributed by atoms with E-state index in [1.807, 2.05) is 6.92 Å². The van der Waals surface area contributed by atoms with Crippen LogP contribution in [0.5, 0.6) is 5.75 Å². The number of hydrogen-bond acceptors (Lipinski definition) is 3. The standard InChI is InChI=1S/C16H23FN2O2/c1-3-19(11-12-6-4-5-9-18-12)16(20)14-8-7-13(21-2)10-15(14)17/h7-8,10,12,18H,3-6,9,11H2,1-2H3. The second-order valence-corrected chi connectivity index (χ2v) is 5.34. The smallest absolute Gasteiger partial charge is 0.256 e. The molecule has 0 radical (unpaired) electrons. The molecule has 1 amide bonds. The van der Waals surface area contributed by atoms with Gasteiger partial charge < -0.3 is 15.0 Å². The average Bonchev–Trinajstić information content (AvgIpc) is 2.52. The van der Waals surface area contributed by atoms with Crippen LogP contribution in [0.15, 0.2) is 18.2 Å². The van der Waals surface area contributed by atoms with E-state index in [2.05, 4.69) is 5.32 Å². The summed E-state index contributed by atoms with van der Waals surface area (Å²) in [6, 6.07) is 4.67. The number of carbonyl (C=O) groups excluding carboxylic acids is 1. The molecule has 1 heterocycles. The molecule has 116 valence electrons. The highest BCUT2D eigenvalue weighted by molar-refractivity contribution is 5.94. The van der Waals surface area contributed by atoms with E-state index in [1.165, 1.54) is 32.1 Å². The highest BCUT2D eigenvalue weighted by Gasteiger charge is 2.22. The number of rotatable bonds is 5. The topological polar surface area (TPSA) is 41.6 Å². The summed E-state index contributed by atoms with van der Waals surface area (Å²) in [5.41, 5.74) is 0.105. The molecule has 1 atom stereocenters. The number of nitrogens with zero attached hydrogens (tertiary/aromatic N) is 1. The van der Waals surface area contributed by atoms with Crippen molar-refractivity contribution in [2.45, 2.75) is 32.2 Å². The molecular weight excluding hydrogens is 271 g/mol. The minimum absolute atomic E-state index is 0.105. The molecule has 1 saturated heterocycles. The van der Waals surface area contributed by atoms with Gasteiger partial charge in [-0.2, -0.15) is 0 Å². The van der Waals surface area contributed by atoms with Crippen molar-refractivity contribution in [2.24, 2.45) is 0 Å². The van der Waals surface area contributed by atoms with Crippen molar-refractivity contribution in [3.63, 3.8) is 0 Å². The number of methoxy groups -OCH3 is 1. The normalized spacial score (nSPS) is 18.3. The Labute approximate surface area is 125 Å². The van der Waals surface area contributed by atoms with Gasteiger partial charge in [-0.25, -0.2) is 4.39 Å². The number of piperidine rings is 1. The van der Waals surface area contributed by atoms with E-state index in [9.17, 15) is 9.18 Å². The maximum Gasteiger partial charge on any atom is 0.256 e. The van der Waals surface area contributed by atoms with E-state index in [-0.39, 0.29) is 11.5 Å². The summed E-state index contributed by atoms with van der Waals surface area (Å²) < 4.78 is 19.0. The van der Waals surface area contributed by atoms with Crippen molar-refractivity contribution in [3.8, 4) is 5.75 Å². The lowest BCUT2D eigenvalue weighted by Crippen LogP contribution is -2.45. The van der Waals surface area contributed by atoms with Crippen LogP contribution in [-0.4, -0.2) is 43.6 Å². The van der Waals surface area contributed by atoms with Gasteiger partial charge in [0.2, 0.25) is 0 Å². The Kier molecular flexibility index (Phi) is 5.56. The molecule has 1 aromatic rings. The Morgan fingerprint density at radius 1 is 1.48 bits per heavy atom. The molecule has 1 fully saturated rings. The third-order valence-electron chi connectivity index (χ3n) is 3.93. The second-order valence-electron chi connectivity index (χ2n) is 5.34. The Hall–Kier alpha value is -1.62. The number of nitrogens with one attached hydrogen (secondary N) is 1. The maximum atomic E-state index is 14.0. The molecule has 1 N–H and O–H groups in total. The third kappa shape index (κ3) is 3.94. The molecule has 0 aliphatic carbocycles. The van der Waals surface area contributed by atoms with Gasteiger partial charge in [-0.1, -0.05) is 6.42 Å². The van der Waals surface area contributed by atoms with Gasteiger partial charge >= 0.3 is 0 Å². The maximum absolute atomic E-state index is 14.0. The van der Waals surface area contributed by atoms with Crippen LogP contribution in [0.4, 0.5) is 4.39 Å². The minimum Gasteiger partial charge on any atom is -0.497 e. The molecule has 4 nitrogen and oxygen atoms in total. The highest BCUT2D eigenvalue weighted by Crippen LogP contribution is 2.18. The summed E-state index contributed by atoms with van der Waals surface area (Å²) in [5.74, 6) is -0.375. The van der Waals surface area contributed by atoms with Crippen molar-refractivity contribution < 1.29 is 13.9 Å². The molecule has 1 aliphatic rings. The van der Waals surface area contributed by atoms with Gasteiger partial charge in [-0.05, 0) is 38.4 Å². The van der Waals surface area contributed by atoms with E-state index in [1.54, 1.807) is 11.0 Å². The Bertz CT molecular complexity index is 487. The number of amides is 1. The van der Waals surface area contributed by atoms with E-state index >= 15 is 0 Å². The first-order valence-corrected chi connectivity index (χ1v) is 7.52.